The van der Waals surface area contributed by atoms with Crippen molar-refractivity contribution in [2.45, 2.75) is 39.2 Å². The van der Waals surface area contributed by atoms with Crippen molar-refractivity contribution in [2.75, 3.05) is 19.6 Å². The van der Waals surface area contributed by atoms with Crippen molar-refractivity contribution in [3.8, 4) is 16.9 Å². The Morgan fingerprint density at radius 1 is 1.09 bits per heavy atom. The van der Waals surface area contributed by atoms with E-state index in [0.29, 0.717) is 17.4 Å². The number of halogens is 1. The number of carbonyl (C=O) groups is 1. The highest BCUT2D eigenvalue weighted by Crippen LogP contribution is 2.26. The summed E-state index contributed by atoms with van der Waals surface area (Å²) < 4.78 is 1.84. The van der Waals surface area contributed by atoms with Gasteiger partial charge < -0.3 is 10.2 Å². The van der Waals surface area contributed by atoms with Gasteiger partial charge in [0.2, 0.25) is 5.91 Å². The Kier molecular flexibility index (Phi) is 7.28. The van der Waals surface area contributed by atoms with E-state index < -0.39 is 0 Å². The fourth-order valence-corrected chi connectivity index (χ4v) is 4.46. The van der Waals surface area contributed by atoms with Gasteiger partial charge in [-0.2, -0.15) is 5.10 Å². The minimum atomic E-state index is 0.0511. The van der Waals surface area contributed by atoms with E-state index in [0.717, 1.165) is 55.0 Å². The fraction of sp³-hybridized carbons (Fsp3) is 0.385. The van der Waals surface area contributed by atoms with Gasteiger partial charge in [0.15, 0.2) is 0 Å². The summed E-state index contributed by atoms with van der Waals surface area (Å²) in [6.07, 6.45) is 4.28. The zero-order valence-corrected chi connectivity index (χ0v) is 19.6. The molecule has 0 atom stereocenters. The van der Waals surface area contributed by atoms with Crippen LogP contribution >= 0.6 is 11.6 Å². The minimum Gasteiger partial charge on any atom is -0.353 e. The Balaban J connectivity index is 1.48. The van der Waals surface area contributed by atoms with E-state index in [1.54, 1.807) is 0 Å². The van der Waals surface area contributed by atoms with Crippen molar-refractivity contribution in [1.29, 1.82) is 0 Å². The van der Waals surface area contributed by atoms with E-state index in [4.69, 9.17) is 16.7 Å². The quantitative estimate of drug-likeness (QED) is 0.552. The van der Waals surface area contributed by atoms with Crippen molar-refractivity contribution < 1.29 is 4.79 Å². The second-order valence-corrected chi connectivity index (χ2v) is 9.44. The lowest BCUT2D eigenvalue weighted by molar-refractivity contribution is -0.121. The lowest BCUT2D eigenvalue weighted by Crippen LogP contribution is -2.45. The molecular formula is C26H31ClN4O. The highest BCUT2D eigenvalue weighted by Gasteiger charge is 2.22. The third kappa shape index (κ3) is 5.78. The van der Waals surface area contributed by atoms with E-state index in [-0.39, 0.29) is 11.9 Å². The first kappa shape index (κ1) is 22.6. The number of piperidine rings is 1. The van der Waals surface area contributed by atoms with Crippen LogP contribution < -0.4 is 5.32 Å². The molecule has 168 valence electrons. The molecule has 1 aromatic heterocycles. The van der Waals surface area contributed by atoms with Crippen LogP contribution in [0.4, 0.5) is 0 Å². The van der Waals surface area contributed by atoms with Crippen molar-refractivity contribution in [3.63, 3.8) is 0 Å². The van der Waals surface area contributed by atoms with E-state index in [1.807, 2.05) is 65.5 Å². The molecule has 0 spiro atoms. The van der Waals surface area contributed by atoms with Crippen LogP contribution in [0.5, 0.6) is 0 Å². The molecule has 2 aromatic carbocycles. The summed E-state index contributed by atoms with van der Waals surface area (Å²) in [5, 5.41) is 8.74. The van der Waals surface area contributed by atoms with E-state index in [9.17, 15) is 4.79 Å². The van der Waals surface area contributed by atoms with Gasteiger partial charge in [0, 0.05) is 48.0 Å². The van der Waals surface area contributed by atoms with Gasteiger partial charge in [-0.3, -0.25) is 4.79 Å². The second-order valence-electron chi connectivity index (χ2n) is 9.00. The second kappa shape index (κ2) is 10.3. The van der Waals surface area contributed by atoms with Crippen LogP contribution in [0.25, 0.3) is 16.9 Å². The molecule has 0 aliphatic carbocycles. The van der Waals surface area contributed by atoms with Gasteiger partial charge in [-0.1, -0.05) is 55.8 Å². The Morgan fingerprint density at radius 2 is 1.78 bits per heavy atom. The summed E-state index contributed by atoms with van der Waals surface area (Å²) in [6, 6.07) is 17.8. The number of rotatable bonds is 7. The Bertz CT molecular complexity index is 1020. The van der Waals surface area contributed by atoms with E-state index in [1.165, 1.54) is 0 Å². The summed E-state index contributed by atoms with van der Waals surface area (Å²) >= 11 is 6.08. The number of benzene rings is 2. The summed E-state index contributed by atoms with van der Waals surface area (Å²) in [7, 11) is 0. The first-order valence-corrected chi connectivity index (χ1v) is 11.8. The summed E-state index contributed by atoms with van der Waals surface area (Å²) in [6.45, 7) is 7.73. The molecule has 32 heavy (non-hydrogen) atoms. The molecule has 0 radical (unpaired) electrons. The smallest absolute Gasteiger partial charge is 0.224 e. The molecule has 0 unspecified atom stereocenters. The SMILES string of the molecule is CC(C)CN1CCC(NC(=O)Cc2cn(-c3ccccc3)nc2-c2ccc(Cl)cc2)CC1. The molecule has 1 amide bonds. The molecule has 1 aliphatic heterocycles. The minimum absolute atomic E-state index is 0.0511. The molecule has 6 heteroatoms. The van der Waals surface area contributed by atoms with Crippen LogP contribution in [0.1, 0.15) is 32.3 Å². The number of carbonyl (C=O) groups excluding carboxylic acids is 1. The normalized spacial score (nSPS) is 15.2. The Labute approximate surface area is 195 Å². The average molecular weight is 451 g/mol. The maximum absolute atomic E-state index is 12.9. The number of nitrogens with one attached hydrogen (secondary N) is 1. The molecule has 5 nitrogen and oxygen atoms in total. The van der Waals surface area contributed by atoms with Crippen molar-refractivity contribution >= 4 is 17.5 Å². The van der Waals surface area contributed by atoms with Crippen LogP contribution in [0, 0.1) is 5.92 Å². The van der Waals surface area contributed by atoms with Gasteiger partial charge in [0.25, 0.3) is 0 Å². The summed E-state index contributed by atoms with van der Waals surface area (Å²) in [4.78, 5) is 15.4. The third-order valence-corrected chi connectivity index (χ3v) is 6.11. The zero-order chi connectivity index (χ0) is 22.5. The maximum Gasteiger partial charge on any atom is 0.224 e. The van der Waals surface area contributed by atoms with Crippen molar-refractivity contribution in [2.24, 2.45) is 5.92 Å². The molecule has 1 aliphatic rings. The monoisotopic (exact) mass is 450 g/mol. The molecular weight excluding hydrogens is 420 g/mol. The number of hydrogen-bond donors (Lipinski definition) is 1. The van der Waals surface area contributed by atoms with Gasteiger partial charge in [0.05, 0.1) is 17.8 Å². The standard InChI is InChI=1S/C26H31ClN4O/c1-19(2)17-30-14-12-23(13-15-30)28-25(32)16-21-18-31(24-6-4-3-5-7-24)29-26(21)20-8-10-22(27)11-9-20/h3-11,18-19,23H,12-17H2,1-2H3,(H,28,32). The molecule has 1 N–H and O–H groups in total. The Hall–Kier alpha value is -2.63. The van der Waals surface area contributed by atoms with Crippen LogP contribution in [0.3, 0.4) is 0 Å². The molecule has 4 rings (SSSR count). The fourth-order valence-electron chi connectivity index (χ4n) is 4.33. The largest absolute Gasteiger partial charge is 0.353 e. The molecule has 0 bridgehead atoms. The van der Waals surface area contributed by atoms with Gasteiger partial charge in [-0.05, 0) is 43.0 Å². The molecule has 2 heterocycles. The predicted octanol–water partition coefficient (Wildman–Crippen LogP) is 4.97. The number of hydrogen-bond acceptors (Lipinski definition) is 3. The lowest BCUT2D eigenvalue weighted by atomic mass is 10.0. The lowest BCUT2D eigenvalue weighted by Gasteiger charge is -2.33. The predicted molar refractivity (Wildman–Crippen MR) is 130 cm³/mol. The molecule has 0 saturated carbocycles. The van der Waals surface area contributed by atoms with Gasteiger partial charge in [-0.25, -0.2) is 4.68 Å². The van der Waals surface area contributed by atoms with Crippen molar-refractivity contribution in [1.82, 2.24) is 20.0 Å². The summed E-state index contributed by atoms with van der Waals surface area (Å²) in [5.74, 6) is 0.726. The topological polar surface area (TPSA) is 50.2 Å². The van der Waals surface area contributed by atoms with E-state index in [2.05, 4.69) is 24.1 Å². The first-order valence-electron chi connectivity index (χ1n) is 11.4. The zero-order valence-electron chi connectivity index (χ0n) is 18.8. The van der Waals surface area contributed by atoms with Crippen LogP contribution in [0.2, 0.25) is 5.02 Å². The summed E-state index contributed by atoms with van der Waals surface area (Å²) in [5.41, 5.74) is 3.64. The third-order valence-electron chi connectivity index (χ3n) is 5.86. The van der Waals surface area contributed by atoms with Gasteiger partial charge in [-0.15, -0.1) is 0 Å². The number of para-hydroxylation sites is 1. The first-order chi connectivity index (χ1) is 15.5. The van der Waals surface area contributed by atoms with Crippen molar-refractivity contribution in [3.05, 3.63) is 71.4 Å². The maximum atomic E-state index is 12.9. The average Bonchev–Trinajstić information content (AvgIpc) is 3.19. The molecule has 1 fully saturated rings. The van der Waals surface area contributed by atoms with Crippen LogP contribution in [-0.2, 0) is 11.2 Å². The number of nitrogens with zero attached hydrogens (tertiary/aromatic N) is 3. The molecule has 3 aromatic rings. The van der Waals surface area contributed by atoms with Gasteiger partial charge >= 0.3 is 0 Å². The number of aromatic nitrogens is 2. The van der Waals surface area contributed by atoms with E-state index >= 15 is 0 Å². The number of amides is 1. The highest BCUT2D eigenvalue weighted by molar-refractivity contribution is 6.30. The Morgan fingerprint density at radius 3 is 2.44 bits per heavy atom. The van der Waals surface area contributed by atoms with Crippen LogP contribution in [0.15, 0.2) is 60.8 Å². The number of likely N-dealkylation sites (tertiary alicyclic amines) is 1. The van der Waals surface area contributed by atoms with Gasteiger partial charge in [0.1, 0.15) is 0 Å². The van der Waals surface area contributed by atoms with Crippen LogP contribution in [-0.4, -0.2) is 46.3 Å². The molecule has 1 saturated heterocycles. The highest BCUT2D eigenvalue weighted by atomic mass is 35.5.